The third-order valence-corrected chi connectivity index (χ3v) is 3.77. The molecule has 1 aromatic carbocycles. The fraction of sp³-hybridized carbons (Fsp3) is 0.400. The summed E-state index contributed by atoms with van der Waals surface area (Å²) in [5, 5.41) is 2.37. The molecule has 1 heterocycles. The van der Waals surface area contributed by atoms with Gasteiger partial charge in [-0.3, -0.25) is 14.5 Å². The molecule has 23 heavy (non-hydrogen) atoms. The molecule has 1 aromatic rings. The lowest BCUT2D eigenvalue weighted by molar-refractivity contribution is -0.138. The van der Waals surface area contributed by atoms with Gasteiger partial charge >= 0.3 is 12.2 Å². The van der Waals surface area contributed by atoms with Crippen molar-refractivity contribution in [3.63, 3.8) is 0 Å². The maximum atomic E-state index is 12.8. The van der Waals surface area contributed by atoms with Crippen molar-refractivity contribution in [2.75, 3.05) is 6.54 Å². The Labute approximate surface area is 130 Å². The fourth-order valence-corrected chi connectivity index (χ4v) is 2.33. The maximum Gasteiger partial charge on any atom is 0.416 e. The zero-order chi connectivity index (χ0) is 17.4. The number of benzene rings is 1. The summed E-state index contributed by atoms with van der Waals surface area (Å²) in [6, 6.07) is 3.41. The summed E-state index contributed by atoms with van der Waals surface area (Å²) in [6.45, 7) is 2.52. The molecule has 1 aliphatic rings. The van der Waals surface area contributed by atoms with Crippen LogP contribution in [0.5, 0.6) is 0 Å². The Hall–Kier alpha value is -2.38. The van der Waals surface area contributed by atoms with Crippen LogP contribution in [0.25, 0.3) is 0 Å². The highest BCUT2D eigenvalue weighted by atomic mass is 19.4. The van der Waals surface area contributed by atoms with Crippen molar-refractivity contribution in [2.24, 2.45) is 0 Å². The van der Waals surface area contributed by atoms with E-state index in [2.05, 4.69) is 5.32 Å². The predicted octanol–water partition coefficient (Wildman–Crippen LogP) is 2.45. The smallest absolute Gasteiger partial charge is 0.319 e. The SMILES string of the molecule is CCC(=O)CN1C(=O)N[C@](C)(c2cccc(C(F)(F)F)c2)C1=O. The Bertz CT molecular complexity index is 672. The van der Waals surface area contributed by atoms with E-state index in [0.717, 1.165) is 17.0 Å². The summed E-state index contributed by atoms with van der Waals surface area (Å²) in [4.78, 5) is 36.6. The molecule has 1 atom stereocenters. The van der Waals surface area contributed by atoms with Gasteiger partial charge in [-0.05, 0) is 24.6 Å². The monoisotopic (exact) mass is 328 g/mol. The minimum atomic E-state index is -4.56. The second-order valence-electron chi connectivity index (χ2n) is 5.42. The number of nitrogens with zero attached hydrogens (tertiary/aromatic N) is 1. The number of alkyl halides is 3. The van der Waals surface area contributed by atoms with E-state index in [-0.39, 0.29) is 17.8 Å². The number of amides is 3. The zero-order valence-corrected chi connectivity index (χ0v) is 12.5. The van der Waals surface area contributed by atoms with Gasteiger partial charge in [-0.1, -0.05) is 19.1 Å². The quantitative estimate of drug-likeness (QED) is 0.864. The van der Waals surface area contributed by atoms with Crippen LogP contribution in [0, 0.1) is 0 Å². The molecule has 124 valence electrons. The Kier molecular flexibility index (Phi) is 4.19. The highest BCUT2D eigenvalue weighted by Crippen LogP contribution is 2.34. The summed E-state index contributed by atoms with van der Waals surface area (Å²) < 4.78 is 38.5. The van der Waals surface area contributed by atoms with Crippen LogP contribution >= 0.6 is 0 Å². The maximum absolute atomic E-state index is 12.8. The van der Waals surface area contributed by atoms with Crippen LogP contribution in [0.4, 0.5) is 18.0 Å². The fourth-order valence-electron chi connectivity index (χ4n) is 2.33. The van der Waals surface area contributed by atoms with Crippen molar-refractivity contribution in [1.82, 2.24) is 10.2 Å². The average Bonchev–Trinajstić information content (AvgIpc) is 2.71. The number of ketones is 1. The van der Waals surface area contributed by atoms with Gasteiger partial charge in [0.1, 0.15) is 5.54 Å². The zero-order valence-electron chi connectivity index (χ0n) is 12.5. The summed E-state index contributed by atoms with van der Waals surface area (Å²) in [6.07, 6.45) is -4.41. The first-order valence-corrected chi connectivity index (χ1v) is 6.93. The molecule has 1 aliphatic heterocycles. The molecule has 5 nitrogen and oxygen atoms in total. The van der Waals surface area contributed by atoms with E-state index in [0.29, 0.717) is 0 Å². The molecule has 8 heteroatoms. The summed E-state index contributed by atoms with van der Waals surface area (Å²) in [5.41, 5.74) is -2.54. The van der Waals surface area contributed by atoms with Crippen LogP contribution < -0.4 is 5.32 Å². The van der Waals surface area contributed by atoms with Crippen molar-refractivity contribution >= 4 is 17.7 Å². The number of rotatable bonds is 4. The number of Topliss-reactive ketones (excluding diaryl/α,β-unsaturated/α-hetero) is 1. The van der Waals surface area contributed by atoms with Crippen molar-refractivity contribution in [3.8, 4) is 0 Å². The van der Waals surface area contributed by atoms with Gasteiger partial charge in [0.2, 0.25) is 0 Å². The molecular formula is C15H15F3N2O3. The van der Waals surface area contributed by atoms with Gasteiger partial charge in [-0.25, -0.2) is 4.79 Å². The first-order chi connectivity index (χ1) is 10.6. The van der Waals surface area contributed by atoms with Crippen molar-refractivity contribution in [1.29, 1.82) is 0 Å². The lowest BCUT2D eigenvalue weighted by Gasteiger charge is -2.23. The van der Waals surface area contributed by atoms with E-state index in [9.17, 15) is 27.6 Å². The van der Waals surface area contributed by atoms with Crippen molar-refractivity contribution in [2.45, 2.75) is 32.0 Å². The number of imide groups is 1. The Morgan fingerprint density at radius 1 is 1.30 bits per heavy atom. The predicted molar refractivity (Wildman–Crippen MR) is 74.3 cm³/mol. The van der Waals surface area contributed by atoms with E-state index in [1.165, 1.54) is 19.1 Å². The molecule has 0 bridgehead atoms. The number of urea groups is 1. The Balaban J connectivity index is 2.38. The van der Waals surface area contributed by atoms with Crippen LogP contribution in [0.1, 0.15) is 31.4 Å². The number of halogens is 3. The van der Waals surface area contributed by atoms with E-state index in [4.69, 9.17) is 0 Å². The topological polar surface area (TPSA) is 66.5 Å². The average molecular weight is 328 g/mol. The molecule has 0 saturated carbocycles. The molecule has 0 aliphatic carbocycles. The molecule has 1 saturated heterocycles. The minimum Gasteiger partial charge on any atom is -0.319 e. The molecule has 1 N–H and O–H groups in total. The first-order valence-electron chi connectivity index (χ1n) is 6.93. The molecule has 2 rings (SSSR count). The van der Waals surface area contributed by atoms with Crippen LogP contribution in [-0.4, -0.2) is 29.2 Å². The lowest BCUT2D eigenvalue weighted by atomic mass is 9.90. The summed E-state index contributed by atoms with van der Waals surface area (Å²) in [7, 11) is 0. The van der Waals surface area contributed by atoms with Gasteiger partial charge in [0.05, 0.1) is 12.1 Å². The minimum absolute atomic E-state index is 0.0112. The Morgan fingerprint density at radius 2 is 1.96 bits per heavy atom. The van der Waals surface area contributed by atoms with Crippen LogP contribution in [0.15, 0.2) is 24.3 Å². The third kappa shape index (κ3) is 3.06. The molecule has 0 unspecified atom stereocenters. The van der Waals surface area contributed by atoms with Gasteiger partial charge in [0, 0.05) is 6.42 Å². The largest absolute Gasteiger partial charge is 0.416 e. The van der Waals surface area contributed by atoms with E-state index in [1.807, 2.05) is 0 Å². The number of hydrogen-bond donors (Lipinski definition) is 1. The van der Waals surface area contributed by atoms with Crippen molar-refractivity contribution < 1.29 is 27.6 Å². The van der Waals surface area contributed by atoms with Gasteiger partial charge < -0.3 is 5.32 Å². The summed E-state index contributed by atoms with van der Waals surface area (Å²) in [5.74, 6) is -1.06. The van der Waals surface area contributed by atoms with Gasteiger partial charge in [0.25, 0.3) is 5.91 Å². The van der Waals surface area contributed by atoms with E-state index >= 15 is 0 Å². The third-order valence-electron chi connectivity index (χ3n) is 3.77. The van der Waals surface area contributed by atoms with Gasteiger partial charge in [-0.15, -0.1) is 0 Å². The number of nitrogens with one attached hydrogen (secondary N) is 1. The molecule has 0 spiro atoms. The van der Waals surface area contributed by atoms with E-state index < -0.39 is 35.8 Å². The van der Waals surface area contributed by atoms with Crippen LogP contribution in [0.2, 0.25) is 0 Å². The van der Waals surface area contributed by atoms with Crippen molar-refractivity contribution in [3.05, 3.63) is 35.4 Å². The molecule has 0 aromatic heterocycles. The highest BCUT2D eigenvalue weighted by Gasteiger charge is 2.49. The number of hydrogen-bond acceptors (Lipinski definition) is 3. The van der Waals surface area contributed by atoms with Crippen LogP contribution in [0.3, 0.4) is 0 Å². The lowest BCUT2D eigenvalue weighted by Crippen LogP contribution is -2.41. The first kappa shape index (κ1) is 17.0. The normalized spacial score (nSPS) is 21.5. The Morgan fingerprint density at radius 3 is 2.52 bits per heavy atom. The molecule has 3 amide bonds. The van der Waals surface area contributed by atoms with Gasteiger partial charge in [0.15, 0.2) is 5.78 Å². The van der Waals surface area contributed by atoms with E-state index in [1.54, 1.807) is 6.92 Å². The second-order valence-corrected chi connectivity index (χ2v) is 5.42. The standard InChI is InChI=1S/C15H15F3N2O3/c1-3-11(21)8-20-12(22)14(2,19-13(20)23)9-5-4-6-10(7-9)15(16,17)18/h4-7H,3,8H2,1-2H3,(H,19,23)/t14-/m1/s1. The molecular weight excluding hydrogens is 313 g/mol. The summed E-state index contributed by atoms with van der Waals surface area (Å²) >= 11 is 0. The number of carbonyl (C=O) groups is 3. The second kappa shape index (κ2) is 5.68. The molecule has 1 fully saturated rings. The van der Waals surface area contributed by atoms with Gasteiger partial charge in [-0.2, -0.15) is 13.2 Å². The molecule has 0 radical (unpaired) electrons. The highest BCUT2D eigenvalue weighted by molar-refractivity contribution is 6.09. The number of carbonyl (C=O) groups excluding carboxylic acids is 3. The van der Waals surface area contributed by atoms with Crippen LogP contribution in [-0.2, 0) is 21.3 Å².